The Morgan fingerprint density at radius 1 is 1.33 bits per heavy atom. The maximum Gasteiger partial charge on any atom is 0.305 e. The van der Waals surface area contributed by atoms with Gasteiger partial charge < -0.3 is 5.11 Å². The summed E-state index contributed by atoms with van der Waals surface area (Å²) in [6.45, 7) is 3.85. The molecule has 0 aliphatic heterocycles. The van der Waals surface area contributed by atoms with Crippen LogP contribution in [0.4, 0.5) is 0 Å². The van der Waals surface area contributed by atoms with Crippen LogP contribution >= 0.6 is 0 Å². The van der Waals surface area contributed by atoms with Gasteiger partial charge in [-0.25, -0.2) is 0 Å². The lowest BCUT2D eigenvalue weighted by Gasteiger charge is -2.17. The topological polar surface area (TPSA) is 55.1 Å². The second-order valence-corrected chi connectivity index (χ2v) is 4.40. The maximum absolute atomic E-state index is 11.0. The molecule has 0 aliphatic rings. The number of aryl methyl sites for hydroxylation is 2. The summed E-state index contributed by atoms with van der Waals surface area (Å²) in [6, 6.07) is 11.3. The van der Waals surface area contributed by atoms with Gasteiger partial charge in [-0.1, -0.05) is 30.3 Å². The normalized spacial score (nSPS) is 12.3. The Kier molecular flexibility index (Phi) is 3.46. The molecule has 0 spiro atoms. The number of carbonyl (C=O) groups is 1. The van der Waals surface area contributed by atoms with Crippen molar-refractivity contribution in [3.63, 3.8) is 0 Å². The van der Waals surface area contributed by atoms with Crippen LogP contribution in [0.15, 0.2) is 36.4 Å². The first kappa shape index (κ1) is 12.4. The molecule has 1 N–H and O–H groups in total. The van der Waals surface area contributed by atoms with Gasteiger partial charge in [0.1, 0.15) is 0 Å². The van der Waals surface area contributed by atoms with Crippen LogP contribution in [-0.2, 0) is 4.79 Å². The Balaban J connectivity index is 2.43. The molecule has 0 saturated heterocycles. The average Bonchev–Trinajstić information content (AvgIpc) is 2.66. The molecule has 2 rings (SSSR count). The third-order valence-corrected chi connectivity index (χ3v) is 2.89. The smallest absolute Gasteiger partial charge is 0.305 e. The molecule has 4 heteroatoms. The predicted octanol–water partition coefficient (Wildman–Crippen LogP) is 2.56. The SMILES string of the molecule is Cc1cc(C)n(C(CC(=O)O)c2ccccc2)n1. The molecule has 0 fully saturated rings. The fourth-order valence-corrected chi connectivity index (χ4v) is 2.15. The van der Waals surface area contributed by atoms with E-state index in [0.717, 1.165) is 17.0 Å². The van der Waals surface area contributed by atoms with Gasteiger partial charge in [-0.2, -0.15) is 5.10 Å². The minimum Gasteiger partial charge on any atom is -0.481 e. The monoisotopic (exact) mass is 244 g/mol. The Morgan fingerprint density at radius 2 is 2.00 bits per heavy atom. The minimum atomic E-state index is -0.823. The molecule has 1 aromatic heterocycles. The van der Waals surface area contributed by atoms with Crippen molar-refractivity contribution < 1.29 is 9.90 Å². The molecule has 1 heterocycles. The third kappa shape index (κ3) is 2.59. The minimum absolute atomic E-state index is 0.0337. The van der Waals surface area contributed by atoms with Crippen LogP contribution < -0.4 is 0 Å². The van der Waals surface area contributed by atoms with Gasteiger partial charge in [0.25, 0.3) is 0 Å². The third-order valence-electron chi connectivity index (χ3n) is 2.89. The van der Waals surface area contributed by atoms with E-state index in [1.54, 1.807) is 4.68 Å². The van der Waals surface area contributed by atoms with E-state index in [4.69, 9.17) is 5.11 Å². The number of hydrogen-bond acceptors (Lipinski definition) is 2. The highest BCUT2D eigenvalue weighted by molar-refractivity contribution is 5.68. The van der Waals surface area contributed by atoms with E-state index in [2.05, 4.69) is 5.10 Å². The van der Waals surface area contributed by atoms with Crippen LogP contribution in [0.25, 0.3) is 0 Å². The van der Waals surface area contributed by atoms with Gasteiger partial charge in [-0.3, -0.25) is 9.48 Å². The fourth-order valence-electron chi connectivity index (χ4n) is 2.15. The molecular formula is C14H16N2O2. The Hall–Kier alpha value is -2.10. The summed E-state index contributed by atoms with van der Waals surface area (Å²) in [5.41, 5.74) is 2.84. The van der Waals surface area contributed by atoms with Crippen molar-refractivity contribution in [1.29, 1.82) is 0 Å². The Bertz CT molecular complexity index is 546. The van der Waals surface area contributed by atoms with Crippen LogP contribution in [0.3, 0.4) is 0 Å². The van der Waals surface area contributed by atoms with E-state index >= 15 is 0 Å². The van der Waals surface area contributed by atoms with Crippen LogP contribution in [0.5, 0.6) is 0 Å². The van der Waals surface area contributed by atoms with Crippen molar-refractivity contribution in [3.8, 4) is 0 Å². The van der Waals surface area contributed by atoms with Gasteiger partial charge in [0.05, 0.1) is 18.2 Å². The van der Waals surface area contributed by atoms with E-state index in [0.29, 0.717) is 0 Å². The molecule has 1 unspecified atom stereocenters. The first-order valence-corrected chi connectivity index (χ1v) is 5.87. The number of carboxylic acid groups (broad SMARTS) is 1. The molecule has 0 saturated carbocycles. The maximum atomic E-state index is 11.0. The van der Waals surface area contributed by atoms with Crippen molar-refractivity contribution in [2.75, 3.05) is 0 Å². The van der Waals surface area contributed by atoms with Crippen molar-refractivity contribution in [3.05, 3.63) is 53.3 Å². The first-order chi connectivity index (χ1) is 8.58. The molecule has 2 aromatic rings. The van der Waals surface area contributed by atoms with Crippen molar-refractivity contribution in [2.24, 2.45) is 0 Å². The molecule has 0 amide bonds. The average molecular weight is 244 g/mol. The summed E-state index contributed by atoms with van der Waals surface area (Å²) in [5, 5.41) is 13.5. The zero-order valence-corrected chi connectivity index (χ0v) is 10.5. The number of aromatic nitrogens is 2. The zero-order chi connectivity index (χ0) is 13.1. The quantitative estimate of drug-likeness (QED) is 0.899. The Labute approximate surface area is 106 Å². The van der Waals surface area contributed by atoms with Crippen molar-refractivity contribution >= 4 is 5.97 Å². The van der Waals surface area contributed by atoms with Gasteiger partial charge in [0, 0.05) is 5.69 Å². The molecule has 4 nitrogen and oxygen atoms in total. The molecule has 1 aromatic carbocycles. The lowest BCUT2D eigenvalue weighted by molar-refractivity contribution is -0.137. The lowest BCUT2D eigenvalue weighted by Crippen LogP contribution is -2.17. The standard InChI is InChI=1S/C14H16N2O2/c1-10-8-11(2)16(15-10)13(9-14(17)18)12-6-4-3-5-7-12/h3-8,13H,9H2,1-2H3,(H,17,18). The summed E-state index contributed by atoms with van der Waals surface area (Å²) < 4.78 is 1.79. The molecular weight excluding hydrogens is 228 g/mol. The second-order valence-electron chi connectivity index (χ2n) is 4.40. The van der Waals surface area contributed by atoms with Gasteiger partial charge in [0.15, 0.2) is 0 Å². The molecule has 0 radical (unpaired) electrons. The van der Waals surface area contributed by atoms with Crippen LogP contribution in [0, 0.1) is 13.8 Å². The molecule has 0 bridgehead atoms. The summed E-state index contributed by atoms with van der Waals surface area (Å²) in [7, 11) is 0. The van der Waals surface area contributed by atoms with E-state index in [1.165, 1.54) is 0 Å². The molecule has 18 heavy (non-hydrogen) atoms. The number of hydrogen-bond donors (Lipinski definition) is 1. The largest absolute Gasteiger partial charge is 0.481 e. The zero-order valence-electron chi connectivity index (χ0n) is 10.5. The van der Waals surface area contributed by atoms with E-state index in [1.807, 2.05) is 50.2 Å². The molecule has 0 aliphatic carbocycles. The van der Waals surface area contributed by atoms with Gasteiger partial charge in [-0.15, -0.1) is 0 Å². The number of carboxylic acids is 1. The van der Waals surface area contributed by atoms with E-state index < -0.39 is 5.97 Å². The van der Waals surface area contributed by atoms with E-state index in [-0.39, 0.29) is 12.5 Å². The highest BCUT2D eigenvalue weighted by atomic mass is 16.4. The van der Waals surface area contributed by atoms with Crippen LogP contribution in [0.2, 0.25) is 0 Å². The number of aliphatic carboxylic acids is 1. The van der Waals surface area contributed by atoms with Gasteiger partial charge in [-0.05, 0) is 25.5 Å². The number of rotatable bonds is 4. The molecule has 94 valence electrons. The number of nitrogens with zero attached hydrogens (tertiary/aromatic N) is 2. The van der Waals surface area contributed by atoms with Crippen molar-refractivity contribution in [2.45, 2.75) is 26.3 Å². The van der Waals surface area contributed by atoms with Crippen molar-refractivity contribution in [1.82, 2.24) is 9.78 Å². The van der Waals surface area contributed by atoms with Crippen LogP contribution in [-0.4, -0.2) is 20.9 Å². The highest BCUT2D eigenvalue weighted by Crippen LogP contribution is 2.23. The van der Waals surface area contributed by atoms with Gasteiger partial charge >= 0.3 is 5.97 Å². The second kappa shape index (κ2) is 5.04. The van der Waals surface area contributed by atoms with Crippen LogP contribution in [0.1, 0.15) is 29.4 Å². The van der Waals surface area contributed by atoms with Gasteiger partial charge in [0.2, 0.25) is 0 Å². The summed E-state index contributed by atoms with van der Waals surface area (Å²) in [4.78, 5) is 11.0. The summed E-state index contributed by atoms with van der Waals surface area (Å²) in [5.74, 6) is -0.823. The fraction of sp³-hybridized carbons (Fsp3) is 0.286. The molecule has 1 atom stereocenters. The summed E-state index contributed by atoms with van der Waals surface area (Å²) >= 11 is 0. The Morgan fingerprint density at radius 3 is 2.50 bits per heavy atom. The highest BCUT2D eigenvalue weighted by Gasteiger charge is 2.19. The first-order valence-electron chi connectivity index (χ1n) is 5.87. The summed E-state index contributed by atoms with van der Waals surface area (Å²) in [6.07, 6.45) is 0.0337. The predicted molar refractivity (Wildman–Crippen MR) is 68.5 cm³/mol. The number of benzene rings is 1. The van der Waals surface area contributed by atoms with E-state index in [9.17, 15) is 4.79 Å². The lowest BCUT2D eigenvalue weighted by atomic mass is 10.0.